The smallest absolute Gasteiger partial charge is 0.382 e. The molecule has 2 aromatic carbocycles. The highest BCUT2D eigenvalue weighted by atomic mass is 19.4. The number of piperidine rings is 1. The average Bonchev–Trinajstić information content (AvgIpc) is 2.84. The van der Waals surface area contributed by atoms with Crippen LogP contribution in [0.4, 0.5) is 24.7 Å². The molecule has 1 aliphatic heterocycles. The number of carbonyl (C=O) groups excluding carboxylic acids is 2. The fraction of sp³-hybridized carbons (Fsp3) is 0.280. The second-order valence-electron chi connectivity index (χ2n) is 8.51. The van der Waals surface area contributed by atoms with E-state index in [1.165, 1.54) is 18.3 Å². The summed E-state index contributed by atoms with van der Waals surface area (Å²) in [6.45, 7) is 1.58. The Bertz CT molecular complexity index is 1260. The Kier molecular flexibility index (Phi) is 7.49. The molecule has 0 aliphatic carbocycles. The molecule has 8 nitrogen and oxygen atoms in total. The van der Waals surface area contributed by atoms with Crippen LogP contribution in [0.2, 0.25) is 0 Å². The fourth-order valence-electron chi connectivity index (χ4n) is 3.94. The van der Waals surface area contributed by atoms with Gasteiger partial charge in [0.15, 0.2) is 11.5 Å². The molecule has 5 N–H and O–H groups in total. The first kappa shape index (κ1) is 25.1. The summed E-state index contributed by atoms with van der Waals surface area (Å²) >= 11 is 0. The van der Waals surface area contributed by atoms with Crippen molar-refractivity contribution < 1.29 is 22.8 Å². The van der Waals surface area contributed by atoms with Gasteiger partial charge in [0.2, 0.25) is 5.91 Å². The van der Waals surface area contributed by atoms with Crippen molar-refractivity contribution in [1.82, 2.24) is 20.6 Å². The van der Waals surface area contributed by atoms with E-state index in [1.54, 1.807) is 24.3 Å². The number of benzene rings is 2. The quantitative estimate of drug-likeness (QED) is 0.413. The van der Waals surface area contributed by atoms with Gasteiger partial charge >= 0.3 is 6.18 Å². The Morgan fingerprint density at radius 1 is 1.14 bits per heavy atom. The number of carbonyl (C=O) groups is 2. The molecule has 1 unspecified atom stereocenters. The fourth-order valence-corrected chi connectivity index (χ4v) is 3.94. The lowest BCUT2D eigenvalue weighted by Gasteiger charge is -2.23. The van der Waals surface area contributed by atoms with E-state index in [0.717, 1.165) is 31.5 Å². The number of anilines is 2. The standard InChI is InChI=1S/C25H25F3N6O2/c26-25(27,28)17-6-1-4-15(10-17)11-21(35)32-18-7-2-5-16(12-18)20-14-31-23(29)22(34-20)24(36)33-19-8-3-9-30-13-19/h1-2,4-7,10,12,14,19,30H,3,8-9,11,13H2,(H2,29,31)(H,32,35)(H,33,36). The molecule has 0 radical (unpaired) electrons. The zero-order valence-electron chi connectivity index (χ0n) is 19.2. The van der Waals surface area contributed by atoms with Crippen molar-refractivity contribution >= 4 is 23.3 Å². The molecule has 2 heterocycles. The van der Waals surface area contributed by atoms with Gasteiger partial charge in [-0.2, -0.15) is 13.2 Å². The highest BCUT2D eigenvalue weighted by molar-refractivity contribution is 5.97. The largest absolute Gasteiger partial charge is 0.416 e. The molecule has 0 spiro atoms. The highest BCUT2D eigenvalue weighted by Crippen LogP contribution is 2.29. The third-order valence-electron chi connectivity index (χ3n) is 5.71. The van der Waals surface area contributed by atoms with Gasteiger partial charge in [-0.25, -0.2) is 9.97 Å². The second-order valence-corrected chi connectivity index (χ2v) is 8.51. The van der Waals surface area contributed by atoms with Gasteiger partial charge in [0.25, 0.3) is 5.91 Å². The number of hydrogen-bond donors (Lipinski definition) is 4. The Hall–Kier alpha value is -3.99. The molecule has 1 saturated heterocycles. The van der Waals surface area contributed by atoms with Gasteiger partial charge in [-0.05, 0) is 43.1 Å². The van der Waals surface area contributed by atoms with Crippen molar-refractivity contribution in [3.05, 3.63) is 71.5 Å². The number of aromatic nitrogens is 2. The van der Waals surface area contributed by atoms with Crippen LogP contribution in [0.15, 0.2) is 54.7 Å². The van der Waals surface area contributed by atoms with Gasteiger partial charge in [0.05, 0.1) is 23.9 Å². The maximum atomic E-state index is 12.9. The van der Waals surface area contributed by atoms with E-state index in [4.69, 9.17) is 5.73 Å². The molecule has 4 rings (SSSR count). The summed E-state index contributed by atoms with van der Waals surface area (Å²) in [5.41, 5.74) is 6.72. The van der Waals surface area contributed by atoms with Gasteiger partial charge in [-0.3, -0.25) is 9.59 Å². The van der Waals surface area contributed by atoms with Crippen molar-refractivity contribution in [2.24, 2.45) is 0 Å². The number of halogens is 3. The minimum Gasteiger partial charge on any atom is -0.382 e. The molecular weight excluding hydrogens is 473 g/mol. The molecule has 1 atom stereocenters. The van der Waals surface area contributed by atoms with Gasteiger partial charge in [0, 0.05) is 23.8 Å². The molecule has 36 heavy (non-hydrogen) atoms. The summed E-state index contributed by atoms with van der Waals surface area (Å²) in [7, 11) is 0. The van der Waals surface area contributed by atoms with E-state index >= 15 is 0 Å². The minimum atomic E-state index is -4.48. The van der Waals surface area contributed by atoms with Crippen LogP contribution in [-0.4, -0.2) is 40.9 Å². The van der Waals surface area contributed by atoms with E-state index in [2.05, 4.69) is 25.9 Å². The molecule has 188 valence electrons. The van der Waals surface area contributed by atoms with Crippen LogP contribution in [0.1, 0.15) is 34.5 Å². The predicted molar refractivity (Wildman–Crippen MR) is 129 cm³/mol. The lowest BCUT2D eigenvalue weighted by Crippen LogP contribution is -2.46. The van der Waals surface area contributed by atoms with Gasteiger partial charge < -0.3 is 21.7 Å². The lowest BCUT2D eigenvalue weighted by molar-refractivity contribution is -0.137. The maximum Gasteiger partial charge on any atom is 0.416 e. The van der Waals surface area contributed by atoms with E-state index in [9.17, 15) is 22.8 Å². The SMILES string of the molecule is Nc1ncc(-c2cccc(NC(=O)Cc3cccc(C(F)(F)F)c3)c2)nc1C(=O)NC1CCCNC1. The van der Waals surface area contributed by atoms with Gasteiger partial charge in [0.1, 0.15) is 0 Å². The molecule has 1 aromatic heterocycles. The van der Waals surface area contributed by atoms with Crippen molar-refractivity contribution in [3.8, 4) is 11.3 Å². The van der Waals surface area contributed by atoms with Crippen LogP contribution in [0, 0.1) is 0 Å². The maximum absolute atomic E-state index is 12.9. The van der Waals surface area contributed by atoms with Gasteiger partial charge in [-0.1, -0.05) is 30.3 Å². The van der Waals surface area contributed by atoms with E-state index in [1.807, 2.05) is 0 Å². The van der Waals surface area contributed by atoms with Crippen molar-refractivity contribution in [2.45, 2.75) is 31.5 Å². The predicted octanol–water partition coefficient (Wildman–Crippen LogP) is 3.41. The first-order valence-corrected chi connectivity index (χ1v) is 11.4. The number of nitrogens with two attached hydrogens (primary N) is 1. The lowest BCUT2D eigenvalue weighted by atomic mass is 10.1. The second kappa shape index (κ2) is 10.7. The van der Waals surface area contributed by atoms with Gasteiger partial charge in [-0.15, -0.1) is 0 Å². The first-order valence-electron chi connectivity index (χ1n) is 11.4. The number of nitrogens with one attached hydrogen (secondary N) is 3. The van der Waals surface area contributed by atoms with Crippen LogP contribution < -0.4 is 21.7 Å². The summed E-state index contributed by atoms with van der Waals surface area (Å²) < 4.78 is 38.8. The minimum absolute atomic E-state index is 0.00515. The topological polar surface area (TPSA) is 122 Å². The van der Waals surface area contributed by atoms with E-state index < -0.39 is 23.6 Å². The summed E-state index contributed by atoms with van der Waals surface area (Å²) in [4.78, 5) is 33.7. The summed E-state index contributed by atoms with van der Waals surface area (Å²) in [6, 6.07) is 11.3. The average molecular weight is 499 g/mol. The highest BCUT2D eigenvalue weighted by Gasteiger charge is 2.30. The third kappa shape index (κ3) is 6.36. The van der Waals surface area contributed by atoms with Crippen LogP contribution >= 0.6 is 0 Å². The Balaban J connectivity index is 1.46. The molecule has 3 aromatic rings. The molecule has 11 heteroatoms. The number of rotatable bonds is 6. The number of nitrogens with zero attached hydrogens (tertiary/aromatic N) is 2. The van der Waals surface area contributed by atoms with Crippen molar-refractivity contribution in [3.63, 3.8) is 0 Å². The number of nitrogen functional groups attached to an aromatic ring is 1. The summed E-state index contributed by atoms with van der Waals surface area (Å²) in [6.07, 6.45) is -1.47. The summed E-state index contributed by atoms with van der Waals surface area (Å²) in [5, 5.41) is 8.82. The van der Waals surface area contributed by atoms with Crippen LogP contribution in [0.3, 0.4) is 0 Å². The molecular formula is C25H25F3N6O2. The van der Waals surface area contributed by atoms with E-state index in [-0.39, 0.29) is 29.5 Å². The van der Waals surface area contributed by atoms with Crippen molar-refractivity contribution in [1.29, 1.82) is 0 Å². The number of alkyl halides is 3. The van der Waals surface area contributed by atoms with Crippen LogP contribution in [0.5, 0.6) is 0 Å². The number of amides is 2. The molecule has 0 bridgehead atoms. The van der Waals surface area contributed by atoms with E-state index in [0.29, 0.717) is 23.5 Å². The van der Waals surface area contributed by atoms with Crippen molar-refractivity contribution in [2.75, 3.05) is 24.1 Å². The zero-order valence-corrected chi connectivity index (χ0v) is 19.2. The molecule has 1 aliphatic rings. The monoisotopic (exact) mass is 498 g/mol. The summed E-state index contributed by atoms with van der Waals surface area (Å²) in [5.74, 6) is -0.886. The Morgan fingerprint density at radius 3 is 2.69 bits per heavy atom. The third-order valence-corrected chi connectivity index (χ3v) is 5.71. The number of hydrogen-bond acceptors (Lipinski definition) is 6. The zero-order chi connectivity index (χ0) is 25.7. The molecule has 0 saturated carbocycles. The Morgan fingerprint density at radius 2 is 1.94 bits per heavy atom. The first-order chi connectivity index (χ1) is 17.2. The van der Waals surface area contributed by atoms with Crippen LogP contribution in [0.25, 0.3) is 11.3 Å². The van der Waals surface area contributed by atoms with Crippen LogP contribution in [-0.2, 0) is 17.4 Å². The molecule has 2 amide bonds. The Labute approximate surface area is 205 Å². The molecule has 1 fully saturated rings. The normalized spacial score (nSPS) is 15.8.